The highest BCUT2D eigenvalue weighted by molar-refractivity contribution is 6.09. The van der Waals surface area contributed by atoms with Gasteiger partial charge in [-0.15, -0.1) is 0 Å². The van der Waals surface area contributed by atoms with Gasteiger partial charge in [0.2, 0.25) is 0 Å². The van der Waals surface area contributed by atoms with E-state index in [-0.39, 0.29) is 5.54 Å². The number of nitrogens with zero attached hydrogens (tertiary/aromatic N) is 5. The van der Waals surface area contributed by atoms with Gasteiger partial charge in [-0.2, -0.15) is 5.10 Å². The van der Waals surface area contributed by atoms with Crippen LogP contribution in [0.1, 0.15) is 55.0 Å². The number of rotatable bonds is 4. The molecule has 4 aromatic heterocycles. The molecule has 0 aliphatic heterocycles. The fourth-order valence-electron chi connectivity index (χ4n) is 4.79. The van der Waals surface area contributed by atoms with Gasteiger partial charge in [0, 0.05) is 34.0 Å². The average molecular weight is 459 g/mol. The van der Waals surface area contributed by atoms with Gasteiger partial charge in [-0.1, -0.05) is 5.16 Å². The summed E-state index contributed by atoms with van der Waals surface area (Å²) in [6.07, 6.45) is 2.59. The minimum absolute atomic E-state index is 0.128. The lowest BCUT2D eigenvalue weighted by Crippen LogP contribution is -2.25. The van der Waals surface area contributed by atoms with Gasteiger partial charge in [-0.3, -0.25) is 4.68 Å². The molecule has 0 unspecified atom stereocenters. The number of aromatic nitrogens is 6. The van der Waals surface area contributed by atoms with E-state index in [0.29, 0.717) is 6.42 Å². The zero-order valence-electron chi connectivity index (χ0n) is 21.0. The fourth-order valence-corrected chi connectivity index (χ4v) is 4.79. The summed E-state index contributed by atoms with van der Waals surface area (Å²) in [6.45, 7) is 14.4. The molecular weight excluding hydrogens is 428 g/mol. The minimum Gasteiger partial charge on any atom is -0.496 e. The van der Waals surface area contributed by atoms with E-state index in [4.69, 9.17) is 19.2 Å². The van der Waals surface area contributed by atoms with Crippen LogP contribution in [0.3, 0.4) is 0 Å². The first-order chi connectivity index (χ1) is 16.1. The second-order valence-electron chi connectivity index (χ2n) is 9.90. The smallest absolute Gasteiger partial charge is 0.142 e. The van der Waals surface area contributed by atoms with Gasteiger partial charge in [0.15, 0.2) is 0 Å². The Kier molecular flexibility index (Phi) is 5.00. The number of methoxy groups -OCH3 is 1. The lowest BCUT2D eigenvalue weighted by atomic mass is 10.00. The number of benzene rings is 1. The molecular formula is C26H30N6O2. The molecule has 5 aromatic rings. The number of H-pyrrole nitrogens is 1. The van der Waals surface area contributed by atoms with Crippen LogP contribution in [-0.4, -0.2) is 37.0 Å². The molecule has 0 atom stereocenters. The van der Waals surface area contributed by atoms with Gasteiger partial charge in [0.25, 0.3) is 0 Å². The highest BCUT2D eigenvalue weighted by atomic mass is 16.5. The Morgan fingerprint density at radius 2 is 1.85 bits per heavy atom. The standard InChI is InChI=1S/C26H30N6O2/c1-13-12-27-32(26(5,6)7)21(13)11-20-24-17-10-22(33-8)18(23-14(2)31-34-15(23)3)9-19(17)30-25(24)29-16(4)28-20/h9-10,12H,11H2,1-8H3,(H,28,29,30). The molecule has 8 nitrogen and oxygen atoms in total. The van der Waals surface area contributed by atoms with Crippen LogP contribution in [0.2, 0.25) is 0 Å². The Balaban J connectivity index is 1.76. The molecule has 0 radical (unpaired) electrons. The van der Waals surface area contributed by atoms with Gasteiger partial charge >= 0.3 is 0 Å². The maximum Gasteiger partial charge on any atom is 0.142 e. The van der Waals surface area contributed by atoms with Crippen LogP contribution in [0.25, 0.3) is 33.1 Å². The summed E-state index contributed by atoms with van der Waals surface area (Å²) in [5.74, 6) is 2.24. The quantitative estimate of drug-likeness (QED) is 0.379. The van der Waals surface area contributed by atoms with Gasteiger partial charge < -0.3 is 14.2 Å². The minimum atomic E-state index is -0.128. The zero-order valence-corrected chi connectivity index (χ0v) is 21.0. The van der Waals surface area contributed by atoms with Gasteiger partial charge in [0.05, 0.1) is 35.8 Å². The third kappa shape index (κ3) is 3.45. The number of hydrogen-bond donors (Lipinski definition) is 1. The molecule has 0 aliphatic rings. The van der Waals surface area contributed by atoms with Crippen LogP contribution in [0, 0.1) is 27.7 Å². The molecule has 0 fully saturated rings. The predicted molar refractivity (Wildman–Crippen MR) is 132 cm³/mol. The van der Waals surface area contributed by atoms with Crippen molar-refractivity contribution < 1.29 is 9.26 Å². The van der Waals surface area contributed by atoms with E-state index in [2.05, 4.69) is 59.7 Å². The first kappa shape index (κ1) is 22.1. The Hall–Kier alpha value is -3.68. The van der Waals surface area contributed by atoms with Crippen LogP contribution >= 0.6 is 0 Å². The van der Waals surface area contributed by atoms with Crippen LogP contribution in [0.15, 0.2) is 22.9 Å². The summed E-state index contributed by atoms with van der Waals surface area (Å²) >= 11 is 0. The summed E-state index contributed by atoms with van der Waals surface area (Å²) in [6, 6.07) is 4.15. The van der Waals surface area contributed by atoms with Crippen LogP contribution < -0.4 is 4.74 Å². The monoisotopic (exact) mass is 458 g/mol. The van der Waals surface area contributed by atoms with E-state index in [1.165, 1.54) is 0 Å². The lowest BCUT2D eigenvalue weighted by molar-refractivity contribution is 0.345. The van der Waals surface area contributed by atoms with Crippen molar-refractivity contribution in [1.82, 2.24) is 29.9 Å². The fraction of sp³-hybridized carbons (Fsp3) is 0.385. The Labute approximate surface area is 198 Å². The normalized spacial score (nSPS) is 12.2. The van der Waals surface area contributed by atoms with Crippen molar-refractivity contribution in [2.45, 2.75) is 60.4 Å². The number of fused-ring (bicyclic) bond motifs is 3. The Bertz CT molecular complexity index is 1530. The average Bonchev–Trinajstić information content (AvgIpc) is 3.41. The van der Waals surface area contributed by atoms with Crippen molar-refractivity contribution in [3.63, 3.8) is 0 Å². The Morgan fingerprint density at radius 3 is 2.50 bits per heavy atom. The molecule has 0 aliphatic carbocycles. The maximum absolute atomic E-state index is 5.82. The molecule has 0 spiro atoms. The van der Waals surface area contributed by atoms with E-state index in [0.717, 1.165) is 73.0 Å². The van der Waals surface area contributed by atoms with Crippen molar-refractivity contribution in [3.8, 4) is 16.9 Å². The van der Waals surface area contributed by atoms with Crippen molar-refractivity contribution in [2.24, 2.45) is 0 Å². The Morgan fingerprint density at radius 1 is 1.09 bits per heavy atom. The first-order valence-corrected chi connectivity index (χ1v) is 11.4. The van der Waals surface area contributed by atoms with Crippen LogP contribution in [0.5, 0.6) is 5.75 Å². The first-order valence-electron chi connectivity index (χ1n) is 11.4. The number of aryl methyl sites for hydroxylation is 4. The summed E-state index contributed by atoms with van der Waals surface area (Å²) in [4.78, 5) is 13.1. The second kappa shape index (κ2) is 7.68. The molecule has 0 saturated carbocycles. The summed E-state index contributed by atoms with van der Waals surface area (Å²) in [7, 11) is 1.69. The number of hydrogen-bond acceptors (Lipinski definition) is 6. The van der Waals surface area contributed by atoms with Crippen LogP contribution in [0.4, 0.5) is 0 Å². The maximum atomic E-state index is 5.82. The zero-order chi connectivity index (χ0) is 24.4. The van der Waals surface area contributed by atoms with E-state index >= 15 is 0 Å². The largest absolute Gasteiger partial charge is 0.496 e. The molecule has 0 saturated heterocycles. The van der Waals surface area contributed by atoms with Crippen LogP contribution in [-0.2, 0) is 12.0 Å². The number of ether oxygens (including phenoxy) is 1. The topological polar surface area (TPSA) is 94.7 Å². The third-order valence-corrected chi connectivity index (χ3v) is 6.31. The summed E-state index contributed by atoms with van der Waals surface area (Å²) < 4.78 is 13.3. The van der Waals surface area contributed by atoms with Gasteiger partial charge in [-0.05, 0) is 66.2 Å². The van der Waals surface area contributed by atoms with E-state index in [1.54, 1.807) is 7.11 Å². The third-order valence-electron chi connectivity index (χ3n) is 6.31. The van der Waals surface area contributed by atoms with E-state index in [1.807, 2.05) is 27.0 Å². The molecule has 5 rings (SSSR count). The highest BCUT2D eigenvalue weighted by Crippen LogP contribution is 2.40. The van der Waals surface area contributed by atoms with Gasteiger partial charge in [0.1, 0.15) is 23.0 Å². The predicted octanol–water partition coefficient (Wildman–Crippen LogP) is 5.55. The van der Waals surface area contributed by atoms with E-state index < -0.39 is 0 Å². The molecule has 176 valence electrons. The SMILES string of the molecule is COc1cc2c(cc1-c1c(C)noc1C)[nH]c1nc(C)nc(Cc3c(C)cnn3C(C)(C)C)c12. The highest BCUT2D eigenvalue weighted by Gasteiger charge is 2.23. The molecule has 34 heavy (non-hydrogen) atoms. The number of nitrogens with one attached hydrogen (secondary N) is 1. The molecule has 1 aromatic carbocycles. The van der Waals surface area contributed by atoms with Crippen molar-refractivity contribution in [3.05, 3.63) is 52.6 Å². The molecule has 1 N–H and O–H groups in total. The van der Waals surface area contributed by atoms with Crippen molar-refractivity contribution >= 4 is 21.9 Å². The van der Waals surface area contributed by atoms with Crippen molar-refractivity contribution in [2.75, 3.05) is 7.11 Å². The summed E-state index contributed by atoms with van der Waals surface area (Å²) in [5.41, 5.74) is 7.64. The number of aromatic amines is 1. The lowest BCUT2D eigenvalue weighted by Gasteiger charge is -2.23. The summed E-state index contributed by atoms with van der Waals surface area (Å²) in [5, 5.41) is 10.8. The second-order valence-corrected chi connectivity index (χ2v) is 9.90. The molecule has 0 amide bonds. The van der Waals surface area contributed by atoms with Crippen molar-refractivity contribution in [1.29, 1.82) is 0 Å². The van der Waals surface area contributed by atoms with Gasteiger partial charge in [-0.25, -0.2) is 9.97 Å². The molecule has 4 heterocycles. The van der Waals surface area contributed by atoms with E-state index in [9.17, 15) is 0 Å². The molecule has 8 heteroatoms. The molecule has 0 bridgehead atoms.